The SMILES string of the molecule is c1ccc2c(-c3c(N4CCCC4)ccc4nsnc34)n[nH]c2c1. The quantitative estimate of drug-likeness (QED) is 0.609. The van der Waals surface area contributed by atoms with Gasteiger partial charge in [-0.25, -0.2) is 0 Å². The first-order chi connectivity index (χ1) is 11.4. The topological polar surface area (TPSA) is 57.7 Å². The van der Waals surface area contributed by atoms with Gasteiger partial charge in [0.1, 0.15) is 16.7 Å². The molecular weight excluding hydrogens is 306 g/mol. The molecule has 0 amide bonds. The van der Waals surface area contributed by atoms with Crippen LogP contribution in [0.15, 0.2) is 36.4 Å². The second kappa shape index (κ2) is 5.03. The number of para-hydroxylation sites is 1. The van der Waals surface area contributed by atoms with Crippen LogP contribution in [0.1, 0.15) is 12.8 Å². The molecule has 23 heavy (non-hydrogen) atoms. The molecule has 5 nitrogen and oxygen atoms in total. The van der Waals surface area contributed by atoms with Crippen molar-refractivity contribution in [3.05, 3.63) is 36.4 Å². The average Bonchev–Trinajstić information content (AvgIpc) is 3.33. The summed E-state index contributed by atoms with van der Waals surface area (Å²) in [6.45, 7) is 2.19. The number of H-pyrrole nitrogens is 1. The van der Waals surface area contributed by atoms with E-state index in [9.17, 15) is 0 Å². The Labute approximate surface area is 137 Å². The Bertz CT molecular complexity index is 996. The highest BCUT2D eigenvalue weighted by molar-refractivity contribution is 7.00. The van der Waals surface area contributed by atoms with Crippen molar-refractivity contribution >= 4 is 39.4 Å². The normalized spacial score (nSPS) is 15.0. The molecule has 5 rings (SSSR count). The Kier molecular flexibility index (Phi) is 2.84. The van der Waals surface area contributed by atoms with Gasteiger partial charge >= 0.3 is 0 Å². The molecule has 1 N–H and O–H groups in total. The molecule has 2 aromatic carbocycles. The van der Waals surface area contributed by atoms with E-state index in [1.54, 1.807) is 0 Å². The first kappa shape index (κ1) is 13.0. The molecule has 0 bridgehead atoms. The molecule has 0 radical (unpaired) electrons. The van der Waals surface area contributed by atoms with Gasteiger partial charge in [0.2, 0.25) is 0 Å². The van der Waals surface area contributed by atoms with Gasteiger partial charge in [-0.3, -0.25) is 5.10 Å². The zero-order valence-corrected chi connectivity index (χ0v) is 13.3. The maximum atomic E-state index is 4.61. The highest BCUT2D eigenvalue weighted by atomic mass is 32.1. The number of nitrogens with one attached hydrogen (secondary N) is 1. The Morgan fingerprint density at radius 3 is 2.78 bits per heavy atom. The zero-order valence-electron chi connectivity index (χ0n) is 12.5. The Balaban J connectivity index is 1.84. The molecule has 0 saturated carbocycles. The number of benzene rings is 2. The number of rotatable bonds is 2. The van der Waals surface area contributed by atoms with E-state index in [0.29, 0.717) is 0 Å². The fourth-order valence-corrected chi connectivity index (χ4v) is 3.99. The molecule has 114 valence electrons. The van der Waals surface area contributed by atoms with Crippen LogP contribution in [0.2, 0.25) is 0 Å². The first-order valence-electron chi connectivity index (χ1n) is 7.85. The van der Waals surface area contributed by atoms with Crippen LogP contribution in [-0.2, 0) is 0 Å². The number of hydrogen-bond acceptors (Lipinski definition) is 5. The second-order valence-electron chi connectivity index (χ2n) is 5.90. The molecule has 1 aliphatic rings. The zero-order chi connectivity index (χ0) is 15.2. The Hall–Kier alpha value is -2.47. The minimum absolute atomic E-state index is 0.944. The summed E-state index contributed by atoms with van der Waals surface area (Å²) in [6.07, 6.45) is 2.49. The first-order valence-corrected chi connectivity index (χ1v) is 8.58. The molecule has 1 fully saturated rings. The van der Waals surface area contributed by atoms with Crippen molar-refractivity contribution in [1.82, 2.24) is 18.9 Å². The largest absolute Gasteiger partial charge is 0.371 e. The summed E-state index contributed by atoms with van der Waals surface area (Å²) < 4.78 is 8.97. The molecule has 4 aromatic rings. The number of aromatic amines is 1. The Morgan fingerprint density at radius 2 is 1.87 bits per heavy atom. The van der Waals surface area contributed by atoms with Crippen molar-refractivity contribution in [3.63, 3.8) is 0 Å². The monoisotopic (exact) mass is 321 g/mol. The lowest BCUT2D eigenvalue weighted by atomic mass is 10.0. The summed E-state index contributed by atoms with van der Waals surface area (Å²) in [4.78, 5) is 2.44. The van der Waals surface area contributed by atoms with E-state index in [-0.39, 0.29) is 0 Å². The lowest BCUT2D eigenvalue weighted by Crippen LogP contribution is -2.18. The molecule has 3 heterocycles. The van der Waals surface area contributed by atoms with Gasteiger partial charge in [-0.15, -0.1) is 0 Å². The van der Waals surface area contributed by atoms with Gasteiger partial charge < -0.3 is 4.90 Å². The molecule has 2 aromatic heterocycles. The van der Waals surface area contributed by atoms with Gasteiger partial charge in [-0.05, 0) is 31.0 Å². The smallest absolute Gasteiger partial charge is 0.116 e. The van der Waals surface area contributed by atoms with Crippen LogP contribution in [-0.4, -0.2) is 32.0 Å². The van der Waals surface area contributed by atoms with Gasteiger partial charge in [0, 0.05) is 24.2 Å². The van der Waals surface area contributed by atoms with Crippen molar-refractivity contribution in [3.8, 4) is 11.3 Å². The standard InChI is InChI=1S/C17H15N5S/c1-2-6-12-11(5-1)16(19-18-12)15-14(22-9-3-4-10-22)8-7-13-17(15)21-23-20-13/h1-2,5-8H,3-4,9-10H2,(H,18,19). The van der Waals surface area contributed by atoms with E-state index in [4.69, 9.17) is 0 Å². The predicted octanol–water partition coefficient (Wildman–Crippen LogP) is 3.83. The molecule has 0 atom stereocenters. The van der Waals surface area contributed by atoms with Crippen molar-refractivity contribution in [2.45, 2.75) is 12.8 Å². The average molecular weight is 321 g/mol. The molecule has 1 aliphatic heterocycles. The number of aromatic nitrogens is 4. The molecule has 0 spiro atoms. The summed E-state index contributed by atoms with van der Waals surface area (Å²) in [5, 5.41) is 8.89. The molecular formula is C17H15N5S. The van der Waals surface area contributed by atoms with Gasteiger partial charge in [-0.2, -0.15) is 13.8 Å². The van der Waals surface area contributed by atoms with Gasteiger partial charge in [0.25, 0.3) is 0 Å². The molecule has 1 saturated heterocycles. The van der Waals surface area contributed by atoms with Crippen LogP contribution in [0, 0.1) is 0 Å². The van der Waals surface area contributed by atoms with E-state index in [0.717, 1.165) is 46.3 Å². The van der Waals surface area contributed by atoms with E-state index in [1.165, 1.54) is 30.3 Å². The van der Waals surface area contributed by atoms with Crippen molar-refractivity contribution in [2.24, 2.45) is 0 Å². The summed E-state index contributed by atoms with van der Waals surface area (Å²) in [7, 11) is 0. The summed E-state index contributed by atoms with van der Waals surface area (Å²) >= 11 is 1.26. The highest BCUT2D eigenvalue weighted by Crippen LogP contribution is 2.39. The van der Waals surface area contributed by atoms with E-state index in [1.807, 2.05) is 6.07 Å². The van der Waals surface area contributed by atoms with E-state index in [2.05, 4.69) is 54.2 Å². The van der Waals surface area contributed by atoms with Crippen LogP contribution in [0.3, 0.4) is 0 Å². The fraction of sp³-hybridized carbons (Fsp3) is 0.235. The third kappa shape index (κ3) is 1.95. The van der Waals surface area contributed by atoms with Crippen LogP contribution >= 0.6 is 11.7 Å². The maximum Gasteiger partial charge on any atom is 0.116 e. The number of nitrogens with zero attached hydrogens (tertiary/aromatic N) is 4. The predicted molar refractivity (Wildman–Crippen MR) is 93.9 cm³/mol. The number of anilines is 1. The summed E-state index contributed by atoms with van der Waals surface area (Å²) in [5.41, 5.74) is 6.25. The summed E-state index contributed by atoms with van der Waals surface area (Å²) in [6, 6.07) is 12.5. The third-order valence-corrected chi connectivity index (χ3v) is 5.10. The van der Waals surface area contributed by atoms with Crippen LogP contribution in [0.25, 0.3) is 33.2 Å². The molecule has 0 unspecified atom stereocenters. The maximum absolute atomic E-state index is 4.61. The summed E-state index contributed by atoms with van der Waals surface area (Å²) in [5.74, 6) is 0. The van der Waals surface area contributed by atoms with E-state index >= 15 is 0 Å². The van der Waals surface area contributed by atoms with Gasteiger partial charge in [0.05, 0.1) is 22.8 Å². The second-order valence-corrected chi connectivity index (χ2v) is 6.43. The van der Waals surface area contributed by atoms with Gasteiger partial charge in [0.15, 0.2) is 0 Å². The van der Waals surface area contributed by atoms with Crippen LogP contribution in [0.4, 0.5) is 5.69 Å². The lowest BCUT2D eigenvalue weighted by molar-refractivity contribution is 0.949. The van der Waals surface area contributed by atoms with Crippen molar-refractivity contribution < 1.29 is 0 Å². The van der Waals surface area contributed by atoms with Crippen LogP contribution < -0.4 is 4.90 Å². The van der Waals surface area contributed by atoms with Gasteiger partial charge in [-0.1, -0.05) is 18.2 Å². The van der Waals surface area contributed by atoms with Crippen molar-refractivity contribution in [1.29, 1.82) is 0 Å². The third-order valence-electron chi connectivity index (χ3n) is 4.56. The van der Waals surface area contributed by atoms with Crippen LogP contribution in [0.5, 0.6) is 0 Å². The molecule has 6 heteroatoms. The lowest BCUT2D eigenvalue weighted by Gasteiger charge is -2.21. The Morgan fingerprint density at radius 1 is 1.00 bits per heavy atom. The minimum Gasteiger partial charge on any atom is -0.371 e. The van der Waals surface area contributed by atoms with Crippen molar-refractivity contribution in [2.75, 3.05) is 18.0 Å². The molecule has 0 aliphatic carbocycles. The fourth-order valence-electron chi connectivity index (χ4n) is 3.45. The highest BCUT2D eigenvalue weighted by Gasteiger charge is 2.23. The number of hydrogen-bond donors (Lipinski definition) is 1. The number of fused-ring (bicyclic) bond motifs is 2. The van der Waals surface area contributed by atoms with E-state index < -0.39 is 0 Å². The minimum atomic E-state index is 0.944.